The van der Waals surface area contributed by atoms with Crippen molar-refractivity contribution in [3.8, 4) is 0 Å². The van der Waals surface area contributed by atoms with Gasteiger partial charge in [-0.25, -0.2) is 4.68 Å². The van der Waals surface area contributed by atoms with Gasteiger partial charge in [0.1, 0.15) is 5.82 Å². The smallest absolute Gasteiger partial charge is 0.305 e. The molecule has 0 aliphatic carbocycles. The lowest BCUT2D eigenvalue weighted by molar-refractivity contribution is -0.140. The van der Waals surface area contributed by atoms with E-state index in [1.54, 1.807) is 12.1 Å². The first-order valence-corrected chi connectivity index (χ1v) is 7.10. The van der Waals surface area contributed by atoms with Crippen LogP contribution in [0.1, 0.15) is 32.1 Å². The van der Waals surface area contributed by atoms with E-state index in [2.05, 4.69) is 14.7 Å². The van der Waals surface area contributed by atoms with Gasteiger partial charge in [-0.2, -0.15) is 5.10 Å². The molecule has 1 fully saturated rings. The second kappa shape index (κ2) is 7.07. The van der Waals surface area contributed by atoms with Gasteiger partial charge in [-0.15, -0.1) is 0 Å². The van der Waals surface area contributed by atoms with Crippen LogP contribution in [0.15, 0.2) is 16.9 Å². The number of carbonyl (C=O) groups excluding carboxylic acids is 1. The van der Waals surface area contributed by atoms with Crippen molar-refractivity contribution in [2.45, 2.75) is 38.6 Å². The summed E-state index contributed by atoms with van der Waals surface area (Å²) < 4.78 is 6.02. The van der Waals surface area contributed by atoms with Gasteiger partial charge >= 0.3 is 5.97 Å². The van der Waals surface area contributed by atoms with E-state index < -0.39 is 0 Å². The molecule has 0 bridgehead atoms. The third-order valence-electron chi connectivity index (χ3n) is 3.51. The van der Waals surface area contributed by atoms with E-state index in [4.69, 9.17) is 0 Å². The fourth-order valence-electron chi connectivity index (χ4n) is 2.37. The Morgan fingerprint density at radius 1 is 1.30 bits per heavy atom. The van der Waals surface area contributed by atoms with Gasteiger partial charge in [-0.05, 0) is 31.7 Å². The number of aromatic nitrogens is 2. The van der Waals surface area contributed by atoms with Crippen LogP contribution in [0.5, 0.6) is 0 Å². The van der Waals surface area contributed by atoms with Crippen LogP contribution in [0.3, 0.4) is 0 Å². The summed E-state index contributed by atoms with van der Waals surface area (Å²) in [6, 6.07) is 3.33. The average Bonchev–Trinajstić information content (AvgIpc) is 2.49. The van der Waals surface area contributed by atoms with E-state index in [-0.39, 0.29) is 11.5 Å². The predicted octanol–water partition coefficient (Wildman–Crippen LogP) is 1.19. The highest BCUT2D eigenvalue weighted by Gasteiger charge is 2.13. The molecule has 0 saturated carbocycles. The van der Waals surface area contributed by atoms with E-state index in [9.17, 15) is 9.59 Å². The number of carbonyl (C=O) groups is 1. The molecule has 2 heterocycles. The number of rotatable bonds is 5. The number of methoxy groups -OCH3 is 1. The molecule has 110 valence electrons. The van der Waals surface area contributed by atoms with Crippen LogP contribution >= 0.6 is 0 Å². The van der Waals surface area contributed by atoms with Crippen molar-refractivity contribution in [3.05, 3.63) is 22.5 Å². The first-order valence-electron chi connectivity index (χ1n) is 7.10. The Kier molecular flexibility index (Phi) is 5.15. The Labute approximate surface area is 118 Å². The highest BCUT2D eigenvalue weighted by Crippen LogP contribution is 2.15. The minimum atomic E-state index is -0.259. The molecule has 1 aliphatic heterocycles. The van der Waals surface area contributed by atoms with Crippen LogP contribution < -0.4 is 10.5 Å². The maximum Gasteiger partial charge on any atom is 0.305 e. The molecule has 0 atom stereocenters. The van der Waals surface area contributed by atoms with Crippen molar-refractivity contribution in [3.63, 3.8) is 0 Å². The van der Waals surface area contributed by atoms with Crippen LogP contribution in [0, 0.1) is 0 Å². The molecule has 0 amide bonds. The second-order valence-corrected chi connectivity index (χ2v) is 4.98. The molecular formula is C14H21N3O3. The van der Waals surface area contributed by atoms with Crippen molar-refractivity contribution in [1.82, 2.24) is 9.78 Å². The summed E-state index contributed by atoms with van der Waals surface area (Å²) in [5, 5.41) is 4.40. The summed E-state index contributed by atoms with van der Waals surface area (Å²) in [5.41, 5.74) is -0.129. The summed E-state index contributed by atoms with van der Waals surface area (Å²) in [7, 11) is 1.36. The zero-order valence-electron chi connectivity index (χ0n) is 11.9. The highest BCUT2D eigenvalue weighted by atomic mass is 16.5. The fraction of sp³-hybridized carbons (Fsp3) is 0.643. The van der Waals surface area contributed by atoms with Crippen LogP contribution in [0.25, 0.3) is 0 Å². The van der Waals surface area contributed by atoms with Gasteiger partial charge in [0.25, 0.3) is 5.56 Å². The molecule has 0 spiro atoms. The number of hydrogen-bond acceptors (Lipinski definition) is 5. The van der Waals surface area contributed by atoms with E-state index in [0.717, 1.165) is 18.9 Å². The average molecular weight is 279 g/mol. The number of esters is 1. The number of nitrogens with zero attached hydrogens (tertiary/aromatic N) is 3. The molecule has 0 unspecified atom stereocenters. The number of hydrogen-bond donors (Lipinski definition) is 0. The third kappa shape index (κ3) is 3.82. The van der Waals surface area contributed by atoms with E-state index >= 15 is 0 Å². The second-order valence-electron chi connectivity index (χ2n) is 4.98. The monoisotopic (exact) mass is 279 g/mol. The van der Waals surface area contributed by atoms with Crippen molar-refractivity contribution in [2.24, 2.45) is 0 Å². The molecule has 20 heavy (non-hydrogen) atoms. The van der Waals surface area contributed by atoms with Crippen LogP contribution in [-0.4, -0.2) is 35.9 Å². The topological polar surface area (TPSA) is 64.4 Å². The SMILES string of the molecule is COC(=O)CCCn1nc(N2CCCCC2)ccc1=O. The van der Waals surface area contributed by atoms with Crippen molar-refractivity contribution < 1.29 is 9.53 Å². The molecule has 6 heteroatoms. The summed E-state index contributed by atoms with van der Waals surface area (Å²) in [4.78, 5) is 25.0. The zero-order chi connectivity index (χ0) is 14.4. The first kappa shape index (κ1) is 14.6. The lowest BCUT2D eigenvalue weighted by Gasteiger charge is -2.27. The largest absolute Gasteiger partial charge is 0.469 e. The quantitative estimate of drug-likeness (QED) is 0.757. The van der Waals surface area contributed by atoms with Gasteiger partial charge in [-0.3, -0.25) is 9.59 Å². The maximum atomic E-state index is 11.8. The van der Waals surface area contributed by atoms with Gasteiger partial charge in [0.2, 0.25) is 0 Å². The first-order chi connectivity index (χ1) is 9.70. The van der Waals surface area contributed by atoms with E-state index in [0.29, 0.717) is 19.4 Å². The number of ether oxygens (including phenoxy) is 1. The lowest BCUT2D eigenvalue weighted by atomic mass is 10.1. The van der Waals surface area contributed by atoms with Crippen LogP contribution in [-0.2, 0) is 16.1 Å². The van der Waals surface area contributed by atoms with E-state index in [1.165, 1.54) is 31.1 Å². The van der Waals surface area contributed by atoms with Crippen LogP contribution in [0.4, 0.5) is 5.82 Å². The number of piperidine rings is 1. The number of anilines is 1. The summed E-state index contributed by atoms with van der Waals surface area (Å²) in [5.74, 6) is 0.590. The van der Waals surface area contributed by atoms with Gasteiger partial charge < -0.3 is 9.64 Å². The van der Waals surface area contributed by atoms with Crippen LogP contribution in [0.2, 0.25) is 0 Å². The summed E-state index contributed by atoms with van der Waals surface area (Å²) in [6.45, 7) is 2.43. The van der Waals surface area contributed by atoms with Gasteiger partial charge in [0.05, 0.1) is 7.11 Å². The standard InChI is InChI=1S/C14H21N3O3/c1-20-14(19)6-5-11-17-13(18)8-7-12(15-17)16-9-3-2-4-10-16/h7-8H,2-6,9-11H2,1H3. The van der Waals surface area contributed by atoms with Crippen molar-refractivity contribution in [1.29, 1.82) is 0 Å². The van der Waals surface area contributed by atoms with Gasteiger partial charge in [0, 0.05) is 32.1 Å². The Morgan fingerprint density at radius 2 is 2.05 bits per heavy atom. The Balaban J connectivity index is 2.00. The minimum absolute atomic E-state index is 0.129. The lowest BCUT2D eigenvalue weighted by Crippen LogP contribution is -2.33. The van der Waals surface area contributed by atoms with Crippen molar-refractivity contribution >= 4 is 11.8 Å². The molecule has 2 rings (SSSR count). The molecule has 6 nitrogen and oxygen atoms in total. The zero-order valence-corrected chi connectivity index (χ0v) is 11.9. The fourth-order valence-corrected chi connectivity index (χ4v) is 2.37. The van der Waals surface area contributed by atoms with Gasteiger partial charge in [-0.1, -0.05) is 0 Å². The molecular weight excluding hydrogens is 258 g/mol. The highest BCUT2D eigenvalue weighted by molar-refractivity contribution is 5.68. The molecule has 0 N–H and O–H groups in total. The molecule has 0 aromatic carbocycles. The Bertz CT molecular complexity index is 507. The van der Waals surface area contributed by atoms with Crippen molar-refractivity contribution in [2.75, 3.05) is 25.1 Å². The van der Waals surface area contributed by atoms with Gasteiger partial charge in [0.15, 0.2) is 0 Å². The summed E-state index contributed by atoms with van der Waals surface area (Å²) in [6.07, 6.45) is 4.46. The summed E-state index contributed by atoms with van der Waals surface area (Å²) >= 11 is 0. The number of aryl methyl sites for hydroxylation is 1. The Hall–Kier alpha value is -1.85. The maximum absolute atomic E-state index is 11.8. The molecule has 1 aromatic rings. The Morgan fingerprint density at radius 3 is 2.75 bits per heavy atom. The normalized spacial score (nSPS) is 15.2. The molecule has 1 saturated heterocycles. The van der Waals surface area contributed by atoms with E-state index in [1.807, 2.05) is 0 Å². The molecule has 1 aliphatic rings. The molecule has 0 radical (unpaired) electrons. The minimum Gasteiger partial charge on any atom is -0.469 e. The predicted molar refractivity (Wildman–Crippen MR) is 75.8 cm³/mol. The third-order valence-corrected chi connectivity index (χ3v) is 3.51. The molecule has 1 aromatic heterocycles.